The first kappa shape index (κ1) is 24.3. The molecule has 1 fully saturated rings. The summed E-state index contributed by atoms with van der Waals surface area (Å²) >= 11 is 0. The van der Waals surface area contributed by atoms with Gasteiger partial charge in [-0.1, -0.05) is 6.07 Å². The van der Waals surface area contributed by atoms with Crippen molar-refractivity contribution in [1.29, 1.82) is 0 Å². The first-order chi connectivity index (χ1) is 16.2. The number of rotatable bonds is 6. The molecular formula is C26H33N3O4S. The number of benzene rings is 2. The lowest BCUT2D eigenvalue weighted by molar-refractivity contribution is -0.126. The Morgan fingerprint density at radius 2 is 1.68 bits per heavy atom. The van der Waals surface area contributed by atoms with E-state index >= 15 is 0 Å². The van der Waals surface area contributed by atoms with Crippen LogP contribution in [0.1, 0.15) is 61.0 Å². The van der Waals surface area contributed by atoms with Crippen LogP contribution < -0.4 is 10.0 Å². The molecule has 0 radical (unpaired) electrons. The second-order valence-electron chi connectivity index (χ2n) is 9.57. The van der Waals surface area contributed by atoms with E-state index in [0.717, 1.165) is 44.1 Å². The molecule has 182 valence electrons. The van der Waals surface area contributed by atoms with Gasteiger partial charge in [0.05, 0.1) is 10.8 Å². The molecule has 0 aromatic heterocycles. The standard InChI is InChI=1S/C26H33N3O4S/c1-18(2)27-25(30)22-8-5-15-29(17-22)26(31)20-9-12-23(13-10-20)28-34(32,33)24-14-11-19-6-3-4-7-21(19)16-24/h9-14,16,18,22,28H,3-8,15,17H2,1-2H3,(H,27,30)/t22-/m0/s1. The van der Waals surface area contributed by atoms with Gasteiger partial charge in [0.15, 0.2) is 0 Å². The van der Waals surface area contributed by atoms with Crippen molar-refractivity contribution in [2.24, 2.45) is 5.92 Å². The van der Waals surface area contributed by atoms with E-state index in [1.54, 1.807) is 41.3 Å². The van der Waals surface area contributed by atoms with Crippen LogP contribution in [-0.2, 0) is 27.7 Å². The van der Waals surface area contributed by atoms with Gasteiger partial charge in [0.25, 0.3) is 15.9 Å². The van der Waals surface area contributed by atoms with Gasteiger partial charge < -0.3 is 10.2 Å². The number of carbonyl (C=O) groups excluding carboxylic acids is 2. The van der Waals surface area contributed by atoms with E-state index in [1.165, 1.54) is 5.56 Å². The largest absolute Gasteiger partial charge is 0.354 e. The molecule has 0 unspecified atom stereocenters. The molecule has 1 heterocycles. The van der Waals surface area contributed by atoms with Crippen molar-refractivity contribution in [2.75, 3.05) is 17.8 Å². The van der Waals surface area contributed by atoms with Crippen LogP contribution in [-0.4, -0.2) is 44.3 Å². The first-order valence-corrected chi connectivity index (χ1v) is 13.6. The molecule has 4 rings (SSSR count). The smallest absolute Gasteiger partial charge is 0.261 e. The molecule has 2 aromatic carbocycles. The Hall–Kier alpha value is -2.87. The number of nitrogens with zero attached hydrogens (tertiary/aromatic N) is 1. The van der Waals surface area contributed by atoms with Crippen LogP contribution in [0, 0.1) is 5.92 Å². The average Bonchev–Trinajstić information content (AvgIpc) is 2.83. The van der Waals surface area contributed by atoms with Crippen LogP contribution in [0.4, 0.5) is 5.69 Å². The van der Waals surface area contributed by atoms with Crippen molar-refractivity contribution in [3.8, 4) is 0 Å². The van der Waals surface area contributed by atoms with Crippen LogP contribution in [0.2, 0.25) is 0 Å². The van der Waals surface area contributed by atoms with Gasteiger partial charge in [0, 0.05) is 30.4 Å². The summed E-state index contributed by atoms with van der Waals surface area (Å²) in [5.74, 6) is -0.367. The van der Waals surface area contributed by atoms with Crippen LogP contribution in [0.15, 0.2) is 47.4 Å². The molecule has 2 amide bonds. The lowest BCUT2D eigenvalue weighted by Crippen LogP contribution is -2.46. The van der Waals surface area contributed by atoms with Crippen molar-refractivity contribution in [3.05, 3.63) is 59.2 Å². The molecule has 2 aromatic rings. The highest BCUT2D eigenvalue weighted by molar-refractivity contribution is 7.92. The summed E-state index contributed by atoms with van der Waals surface area (Å²) < 4.78 is 28.4. The average molecular weight is 484 g/mol. The van der Waals surface area contributed by atoms with E-state index in [-0.39, 0.29) is 28.7 Å². The van der Waals surface area contributed by atoms with E-state index in [2.05, 4.69) is 10.0 Å². The number of nitrogens with one attached hydrogen (secondary N) is 2. The van der Waals surface area contributed by atoms with Gasteiger partial charge in [-0.05, 0) is 99.9 Å². The Morgan fingerprint density at radius 1 is 0.971 bits per heavy atom. The maximum absolute atomic E-state index is 13.0. The molecule has 0 saturated carbocycles. The van der Waals surface area contributed by atoms with Gasteiger partial charge in [0.1, 0.15) is 0 Å². The molecule has 7 nitrogen and oxygen atoms in total. The van der Waals surface area contributed by atoms with Crippen LogP contribution in [0.25, 0.3) is 0 Å². The summed E-state index contributed by atoms with van der Waals surface area (Å²) in [6, 6.07) is 11.9. The fraction of sp³-hybridized carbons (Fsp3) is 0.462. The molecule has 2 aliphatic rings. The number of aryl methyl sites for hydroxylation is 2. The van der Waals surface area contributed by atoms with Gasteiger partial charge in [-0.3, -0.25) is 14.3 Å². The Bertz CT molecular complexity index is 1160. The second kappa shape index (κ2) is 10.2. The van der Waals surface area contributed by atoms with E-state index in [1.807, 2.05) is 19.9 Å². The van der Waals surface area contributed by atoms with E-state index < -0.39 is 10.0 Å². The summed E-state index contributed by atoms with van der Waals surface area (Å²) in [7, 11) is -3.72. The summed E-state index contributed by atoms with van der Waals surface area (Å²) in [5, 5.41) is 2.93. The molecule has 0 bridgehead atoms. The minimum Gasteiger partial charge on any atom is -0.354 e. The summed E-state index contributed by atoms with van der Waals surface area (Å²) in [6.45, 7) is 4.84. The zero-order valence-corrected chi connectivity index (χ0v) is 20.7. The highest BCUT2D eigenvalue weighted by Gasteiger charge is 2.29. The number of amides is 2. The van der Waals surface area contributed by atoms with Crippen molar-refractivity contribution in [1.82, 2.24) is 10.2 Å². The highest BCUT2D eigenvalue weighted by atomic mass is 32.2. The minimum atomic E-state index is -3.72. The highest BCUT2D eigenvalue weighted by Crippen LogP contribution is 2.26. The predicted molar refractivity (Wildman–Crippen MR) is 132 cm³/mol. The van der Waals surface area contributed by atoms with Crippen LogP contribution in [0.5, 0.6) is 0 Å². The lowest BCUT2D eigenvalue weighted by atomic mass is 9.92. The molecular weight excluding hydrogens is 450 g/mol. The van der Waals surface area contributed by atoms with Crippen molar-refractivity contribution in [2.45, 2.75) is 63.3 Å². The molecule has 0 spiro atoms. The minimum absolute atomic E-state index is 0.0144. The Labute approximate surface area is 202 Å². The van der Waals surface area contributed by atoms with Gasteiger partial charge >= 0.3 is 0 Å². The number of carbonyl (C=O) groups is 2. The number of hydrogen-bond acceptors (Lipinski definition) is 4. The Kier molecular flexibility index (Phi) is 7.26. The summed E-state index contributed by atoms with van der Waals surface area (Å²) in [4.78, 5) is 27.3. The van der Waals surface area contributed by atoms with Gasteiger partial charge in [-0.15, -0.1) is 0 Å². The van der Waals surface area contributed by atoms with Gasteiger partial charge in [0.2, 0.25) is 5.91 Å². The van der Waals surface area contributed by atoms with Crippen molar-refractivity contribution < 1.29 is 18.0 Å². The Balaban J connectivity index is 1.41. The molecule has 2 N–H and O–H groups in total. The number of fused-ring (bicyclic) bond motifs is 1. The third-order valence-electron chi connectivity index (χ3n) is 6.52. The van der Waals surface area contributed by atoms with Crippen LogP contribution >= 0.6 is 0 Å². The monoisotopic (exact) mass is 483 g/mol. The maximum atomic E-state index is 13.0. The number of anilines is 1. The third-order valence-corrected chi connectivity index (χ3v) is 7.90. The SMILES string of the molecule is CC(C)NC(=O)[C@H]1CCCN(C(=O)c2ccc(NS(=O)(=O)c3ccc4c(c3)CCCC4)cc2)C1. The fourth-order valence-electron chi connectivity index (χ4n) is 4.73. The Morgan fingerprint density at radius 3 is 2.38 bits per heavy atom. The maximum Gasteiger partial charge on any atom is 0.261 e. The molecule has 1 atom stereocenters. The molecule has 34 heavy (non-hydrogen) atoms. The second-order valence-corrected chi connectivity index (χ2v) is 11.3. The first-order valence-electron chi connectivity index (χ1n) is 12.1. The number of likely N-dealkylation sites (tertiary alicyclic amines) is 1. The van der Waals surface area contributed by atoms with Gasteiger partial charge in [-0.2, -0.15) is 0 Å². The third kappa shape index (κ3) is 5.60. The molecule has 1 aliphatic heterocycles. The van der Waals surface area contributed by atoms with E-state index in [9.17, 15) is 18.0 Å². The number of hydrogen-bond donors (Lipinski definition) is 2. The quantitative estimate of drug-likeness (QED) is 0.654. The van der Waals surface area contributed by atoms with E-state index in [0.29, 0.717) is 24.3 Å². The topological polar surface area (TPSA) is 95.6 Å². The van der Waals surface area contributed by atoms with Crippen molar-refractivity contribution in [3.63, 3.8) is 0 Å². The van der Waals surface area contributed by atoms with Crippen LogP contribution in [0.3, 0.4) is 0 Å². The number of piperidine rings is 1. The molecule has 1 saturated heterocycles. The zero-order chi connectivity index (χ0) is 24.3. The number of sulfonamides is 1. The summed E-state index contributed by atoms with van der Waals surface area (Å²) in [5.41, 5.74) is 3.22. The fourth-order valence-corrected chi connectivity index (χ4v) is 5.84. The molecule has 1 aliphatic carbocycles. The normalized spacial score (nSPS) is 18.3. The lowest BCUT2D eigenvalue weighted by Gasteiger charge is -2.32. The zero-order valence-electron chi connectivity index (χ0n) is 19.8. The van der Waals surface area contributed by atoms with E-state index in [4.69, 9.17) is 0 Å². The van der Waals surface area contributed by atoms with Gasteiger partial charge in [-0.25, -0.2) is 8.42 Å². The summed E-state index contributed by atoms with van der Waals surface area (Å²) in [6.07, 6.45) is 5.68. The molecule has 8 heteroatoms. The predicted octanol–water partition coefficient (Wildman–Crippen LogP) is 3.74. The van der Waals surface area contributed by atoms with Crippen molar-refractivity contribution >= 4 is 27.5 Å².